The number of rotatable bonds is 6. The van der Waals surface area contributed by atoms with Crippen molar-refractivity contribution in [3.8, 4) is 5.75 Å². The largest absolute Gasteiger partial charge is 0.482 e. The number of hydrazone groups is 1. The minimum absolute atomic E-state index is 0.108. The Morgan fingerprint density at radius 1 is 1.25 bits per heavy atom. The Balaban J connectivity index is 1.57. The SMILES string of the molecule is COC(=O)COc1ccc(/C=N\Nc2nc3ccccc3s2)cc1. The predicted molar refractivity (Wildman–Crippen MR) is 94.8 cm³/mol. The molecular weight excluding hydrogens is 326 g/mol. The number of nitrogens with one attached hydrogen (secondary N) is 1. The maximum Gasteiger partial charge on any atom is 0.343 e. The number of carbonyl (C=O) groups is 1. The summed E-state index contributed by atoms with van der Waals surface area (Å²) in [6, 6.07) is 15.1. The molecule has 0 amide bonds. The number of para-hydroxylation sites is 1. The molecule has 24 heavy (non-hydrogen) atoms. The van der Waals surface area contributed by atoms with E-state index in [1.165, 1.54) is 7.11 Å². The summed E-state index contributed by atoms with van der Waals surface area (Å²) in [6.07, 6.45) is 1.69. The van der Waals surface area contributed by atoms with Crippen LogP contribution in [0.2, 0.25) is 0 Å². The first-order valence-corrected chi connectivity index (χ1v) is 8.00. The number of thiazole rings is 1. The maximum absolute atomic E-state index is 11.0. The highest BCUT2D eigenvalue weighted by Gasteiger charge is 2.02. The second-order valence-electron chi connectivity index (χ2n) is 4.79. The molecule has 3 aromatic rings. The van der Waals surface area contributed by atoms with Gasteiger partial charge in [-0.05, 0) is 42.0 Å². The van der Waals surface area contributed by atoms with Crippen LogP contribution in [0.15, 0.2) is 53.6 Å². The molecule has 0 atom stereocenters. The van der Waals surface area contributed by atoms with Crippen LogP contribution in [-0.4, -0.2) is 30.9 Å². The molecule has 1 aromatic heterocycles. The molecule has 0 fully saturated rings. The molecular formula is C17H15N3O3S. The molecule has 0 unspecified atom stereocenters. The van der Waals surface area contributed by atoms with Crippen LogP contribution in [0.3, 0.4) is 0 Å². The van der Waals surface area contributed by atoms with Gasteiger partial charge in [0, 0.05) is 0 Å². The molecule has 0 bridgehead atoms. The number of fused-ring (bicyclic) bond motifs is 1. The fraction of sp³-hybridized carbons (Fsp3) is 0.118. The average molecular weight is 341 g/mol. The Labute approximate surface area is 142 Å². The van der Waals surface area contributed by atoms with E-state index in [4.69, 9.17) is 4.74 Å². The lowest BCUT2D eigenvalue weighted by Crippen LogP contribution is -2.12. The number of carbonyl (C=O) groups excluding carboxylic acids is 1. The van der Waals surface area contributed by atoms with Crippen molar-refractivity contribution in [2.75, 3.05) is 19.1 Å². The highest BCUT2D eigenvalue weighted by molar-refractivity contribution is 7.22. The van der Waals surface area contributed by atoms with Gasteiger partial charge in [-0.1, -0.05) is 23.5 Å². The van der Waals surface area contributed by atoms with Crippen molar-refractivity contribution < 1.29 is 14.3 Å². The van der Waals surface area contributed by atoms with E-state index in [-0.39, 0.29) is 6.61 Å². The summed E-state index contributed by atoms with van der Waals surface area (Å²) in [6.45, 7) is -0.108. The van der Waals surface area contributed by atoms with Gasteiger partial charge in [-0.3, -0.25) is 5.43 Å². The third-order valence-corrected chi connectivity index (χ3v) is 4.07. The molecule has 6 nitrogen and oxygen atoms in total. The molecule has 122 valence electrons. The average Bonchev–Trinajstić information content (AvgIpc) is 3.03. The highest BCUT2D eigenvalue weighted by atomic mass is 32.1. The van der Waals surface area contributed by atoms with Crippen LogP contribution < -0.4 is 10.2 Å². The van der Waals surface area contributed by atoms with Crippen molar-refractivity contribution in [3.05, 3.63) is 54.1 Å². The topological polar surface area (TPSA) is 72.8 Å². The van der Waals surface area contributed by atoms with Gasteiger partial charge in [0.2, 0.25) is 5.13 Å². The Morgan fingerprint density at radius 3 is 2.79 bits per heavy atom. The van der Waals surface area contributed by atoms with Gasteiger partial charge in [-0.15, -0.1) is 0 Å². The lowest BCUT2D eigenvalue weighted by Gasteiger charge is -2.04. The van der Waals surface area contributed by atoms with E-state index >= 15 is 0 Å². The quantitative estimate of drug-likeness (QED) is 0.423. The number of nitrogens with zero attached hydrogens (tertiary/aromatic N) is 2. The summed E-state index contributed by atoms with van der Waals surface area (Å²) >= 11 is 1.55. The fourth-order valence-electron chi connectivity index (χ4n) is 1.93. The third-order valence-electron chi connectivity index (χ3n) is 3.13. The second kappa shape index (κ2) is 7.56. The van der Waals surface area contributed by atoms with Crippen LogP contribution in [0.25, 0.3) is 10.2 Å². The first kappa shape index (κ1) is 15.9. The minimum Gasteiger partial charge on any atom is -0.482 e. The summed E-state index contributed by atoms with van der Waals surface area (Å²) in [5.41, 5.74) is 4.78. The molecule has 1 heterocycles. The molecule has 0 aliphatic heterocycles. The number of anilines is 1. The number of esters is 1. The Hall–Kier alpha value is -2.93. The molecule has 2 aromatic carbocycles. The van der Waals surface area contributed by atoms with E-state index in [0.717, 1.165) is 20.9 Å². The van der Waals surface area contributed by atoms with Gasteiger partial charge in [-0.2, -0.15) is 5.10 Å². The minimum atomic E-state index is -0.416. The zero-order valence-corrected chi connectivity index (χ0v) is 13.7. The fourth-order valence-corrected chi connectivity index (χ4v) is 2.75. The molecule has 0 saturated heterocycles. The van der Waals surface area contributed by atoms with Gasteiger partial charge in [-0.25, -0.2) is 9.78 Å². The van der Waals surface area contributed by atoms with Crippen molar-refractivity contribution in [3.63, 3.8) is 0 Å². The van der Waals surface area contributed by atoms with Crippen LogP contribution >= 0.6 is 11.3 Å². The maximum atomic E-state index is 11.0. The van der Waals surface area contributed by atoms with Crippen LogP contribution in [-0.2, 0) is 9.53 Å². The van der Waals surface area contributed by atoms with E-state index in [0.29, 0.717) is 5.75 Å². The van der Waals surface area contributed by atoms with E-state index in [1.807, 2.05) is 36.4 Å². The van der Waals surface area contributed by atoms with E-state index < -0.39 is 5.97 Å². The van der Waals surface area contributed by atoms with Crippen LogP contribution in [0, 0.1) is 0 Å². The molecule has 7 heteroatoms. The molecule has 0 saturated carbocycles. The lowest BCUT2D eigenvalue weighted by atomic mass is 10.2. The van der Waals surface area contributed by atoms with E-state index in [1.54, 1.807) is 29.7 Å². The standard InChI is InChI=1S/C17H15N3O3S/c1-22-16(21)11-23-13-8-6-12(7-9-13)10-18-20-17-19-14-4-2-3-5-15(14)24-17/h2-10H,11H2,1H3,(H,19,20)/b18-10-. The molecule has 0 aliphatic carbocycles. The molecule has 0 radical (unpaired) electrons. The third kappa shape index (κ3) is 4.08. The summed E-state index contributed by atoms with van der Waals surface area (Å²) in [7, 11) is 1.32. The number of methoxy groups -OCH3 is 1. The smallest absolute Gasteiger partial charge is 0.343 e. The van der Waals surface area contributed by atoms with Crippen molar-refractivity contribution >= 4 is 38.9 Å². The van der Waals surface area contributed by atoms with Gasteiger partial charge < -0.3 is 9.47 Å². The lowest BCUT2D eigenvalue weighted by molar-refractivity contribution is -0.142. The molecule has 1 N–H and O–H groups in total. The van der Waals surface area contributed by atoms with Crippen molar-refractivity contribution in [2.45, 2.75) is 0 Å². The molecule has 0 spiro atoms. The van der Waals surface area contributed by atoms with Gasteiger partial charge in [0.15, 0.2) is 6.61 Å². The van der Waals surface area contributed by atoms with Crippen molar-refractivity contribution in [1.29, 1.82) is 0 Å². The number of hydrogen-bond donors (Lipinski definition) is 1. The number of ether oxygens (including phenoxy) is 2. The normalized spacial score (nSPS) is 10.9. The predicted octanol–water partition coefficient (Wildman–Crippen LogP) is 3.29. The summed E-state index contributed by atoms with van der Waals surface area (Å²) < 4.78 is 10.9. The van der Waals surface area contributed by atoms with Gasteiger partial charge in [0.25, 0.3) is 0 Å². The number of aromatic nitrogens is 1. The first-order valence-electron chi connectivity index (χ1n) is 7.19. The van der Waals surface area contributed by atoms with Gasteiger partial charge in [0.05, 0.1) is 23.5 Å². The number of benzene rings is 2. The van der Waals surface area contributed by atoms with E-state index in [2.05, 4.69) is 20.2 Å². The zero-order valence-electron chi connectivity index (χ0n) is 12.9. The Morgan fingerprint density at radius 2 is 2.04 bits per heavy atom. The van der Waals surface area contributed by atoms with Gasteiger partial charge >= 0.3 is 5.97 Å². The van der Waals surface area contributed by atoms with E-state index in [9.17, 15) is 4.79 Å². The first-order chi connectivity index (χ1) is 11.7. The molecule has 0 aliphatic rings. The monoisotopic (exact) mass is 341 g/mol. The second-order valence-corrected chi connectivity index (χ2v) is 5.82. The van der Waals surface area contributed by atoms with Crippen LogP contribution in [0.5, 0.6) is 5.75 Å². The Bertz CT molecular complexity index is 826. The summed E-state index contributed by atoms with van der Waals surface area (Å²) in [5.74, 6) is 0.178. The number of hydrogen-bond acceptors (Lipinski definition) is 7. The molecule has 3 rings (SSSR count). The Kier molecular flexibility index (Phi) is 5.02. The van der Waals surface area contributed by atoms with Crippen LogP contribution in [0.1, 0.15) is 5.56 Å². The summed E-state index contributed by atoms with van der Waals surface area (Å²) in [4.78, 5) is 15.4. The summed E-state index contributed by atoms with van der Waals surface area (Å²) in [5, 5.41) is 4.92. The van der Waals surface area contributed by atoms with Crippen LogP contribution in [0.4, 0.5) is 5.13 Å². The van der Waals surface area contributed by atoms with Gasteiger partial charge in [0.1, 0.15) is 5.75 Å². The highest BCUT2D eigenvalue weighted by Crippen LogP contribution is 2.25. The van der Waals surface area contributed by atoms with Crippen molar-refractivity contribution in [2.24, 2.45) is 5.10 Å². The van der Waals surface area contributed by atoms with Crippen molar-refractivity contribution in [1.82, 2.24) is 4.98 Å². The zero-order chi connectivity index (χ0) is 16.8.